The molecule has 1 unspecified atom stereocenters. The number of halogens is 2. The van der Waals surface area contributed by atoms with Crippen LogP contribution in [0.5, 0.6) is 17.4 Å². The fraction of sp³-hybridized carbons (Fsp3) is 0.316. The van der Waals surface area contributed by atoms with E-state index < -0.39 is 31.0 Å². The van der Waals surface area contributed by atoms with Crippen LogP contribution in [0.15, 0.2) is 35.3 Å². The van der Waals surface area contributed by atoms with Gasteiger partial charge in [-0.25, -0.2) is 18.7 Å². The van der Waals surface area contributed by atoms with Crippen LogP contribution in [0.25, 0.3) is 0 Å². The minimum absolute atomic E-state index is 0.00382. The Balaban J connectivity index is 2.04. The lowest BCUT2D eigenvalue weighted by Crippen LogP contribution is -2.16. The van der Waals surface area contributed by atoms with E-state index in [0.717, 1.165) is 6.07 Å². The summed E-state index contributed by atoms with van der Waals surface area (Å²) in [6, 6.07) is 1.10. The van der Waals surface area contributed by atoms with Crippen molar-refractivity contribution < 1.29 is 33.2 Å². The number of nitrogens with two attached hydrogens (primary N) is 1. The third-order valence-corrected chi connectivity index (χ3v) is 3.87. The molecule has 1 aromatic heterocycles. The van der Waals surface area contributed by atoms with Gasteiger partial charge >= 0.3 is 0 Å². The molecule has 0 saturated heterocycles. The van der Waals surface area contributed by atoms with Gasteiger partial charge in [0, 0.05) is 18.5 Å². The quantitative estimate of drug-likeness (QED) is 0.377. The summed E-state index contributed by atoms with van der Waals surface area (Å²) in [5.41, 5.74) is 5.48. The molecule has 1 aromatic carbocycles. The van der Waals surface area contributed by atoms with Crippen LogP contribution >= 0.6 is 0 Å². The molecule has 12 heteroatoms. The van der Waals surface area contributed by atoms with Crippen molar-refractivity contribution in [2.45, 2.75) is 12.7 Å². The van der Waals surface area contributed by atoms with Gasteiger partial charge in [-0.15, -0.1) is 0 Å². The topological polar surface area (TPSA) is 144 Å². The van der Waals surface area contributed by atoms with Gasteiger partial charge in [0.1, 0.15) is 12.4 Å². The number of hydrogen-bond donors (Lipinski definition) is 4. The minimum Gasteiger partial charge on any atom is -0.494 e. The van der Waals surface area contributed by atoms with Gasteiger partial charge in [0.25, 0.3) is 0 Å². The van der Waals surface area contributed by atoms with E-state index in [1.165, 1.54) is 39.0 Å². The number of benzene rings is 1. The maximum Gasteiger partial charge on any atom is 0.232 e. The zero-order chi connectivity index (χ0) is 22.8. The Morgan fingerprint density at radius 1 is 1.23 bits per heavy atom. The van der Waals surface area contributed by atoms with E-state index >= 15 is 0 Å². The summed E-state index contributed by atoms with van der Waals surface area (Å²) < 4.78 is 43.8. The molecule has 0 spiro atoms. The predicted octanol–water partition coefficient (Wildman–Crippen LogP) is 0.987. The molecule has 0 aliphatic rings. The Morgan fingerprint density at radius 3 is 2.42 bits per heavy atom. The van der Waals surface area contributed by atoms with Crippen molar-refractivity contribution in [1.29, 1.82) is 0 Å². The second kappa shape index (κ2) is 11.6. The van der Waals surface area contributed by atoms with E-state index in [2.05, 4.69) is 20.3 Å². The lowest BCUT2D eigenvalue weighted by Gasteiger charge is -2.13. The summed E-state index contributed by atoms with van der Waals surface area (Å²) in [4.78, 5) is 12.0. The Bertz CT molecular complexity index is 897. The number of methoxy groups -OCH3 is 2. The minimum atomic E-state index is -0.967. The Labute approximate surface area is 177 Å². The number of aliphatic imine (C=N–C) groups is 1. The molecule has 5 N–H and O–H groups in total. The van der Waals surface area contributed by atoms with Gasteiger partial charge < -0.3 is 35.5 Å². The summed E-state index contributed by atoms with van der Waals surface area (Å²) in [6.07, 6.45) is 4.17. The normalized spacial score (nSPS) is 12.6. The van der Waals surface area contributed by atoms with Gasteiger partial charge in [0.05, 0.1) is 57.1 Å². The van der Waals surface area contributed by atoms with Gasteiger partial charge in [-0.2, -0.15) is 0 Å². The highest BCUT2D eigenvalue weighted by Crippen LogP contribution is 2.31. The van der Waals surface area contributed by atoms with E-state index in [1.54, 1.807) is 0 Å². The number of nitrogens with one attached hydrogen (secondary N) is 1. The third kappa shape index (κ3) is 6.49. The molecule has 1 atom stereocenters. The molecule has 31 heavy (non-hydrogen) atoms. The van der Waals surface area contributed by atoms with Crippen molar-refractivity contribution in [2.75, 3.05) is 32.7 Å². The zero-order valence-corrected chi connectivity index (χ0v) is 16.9. The number of anilines is 1. The molecule has 2 aromatic rings. The van der Waals surface area contributed by atoms with Gasteiger partial charge in [-0.1, -0.05) is 0 Å². The van der Waals surface area contributed by atoms with E-state index in [-0.39, 0.29) is 29.5 Å². The first-order valence-corrected chi connectivity index (χ1v) is 8.94. The highest BCUT2D eigenvalue weighted by Gasteiger charge is 2.20. The van der Waals surface area contributed by atoms with Crippen molar-refractivity contribution in [3.8, 4) is 17.4 Å². The number of nitrogens with zero attached hydrogens (tertiary/aromatic N) is 3. The number of hydrogen-bond acceptors (Lipinski definition) is 10. The number of aromatic nitrogens is 2. The van der Waals surface area contributed by atoms with Crippen LogP contribution in [0.1, 0.15) is 5.56 Å². The first-order chi connectivity index (χ1) is 14.9. The van der Waals surface area contributed by atoms with E-state index in [9.17, 15) is 13.9 Å². The zero-order valence-electron chi connectivity index (χ0n) is 16.9. The van der Waals surface area contributed by atoms with Crippen molar-refractivity contribution in [3.63, 3.8) is 0 Å². The van der Waals surface area contributed by atoms with Crippen molar-refractivity contribution in [1.82, 2.24) is 9.97 Å². The standard InChI is InChI=1S/C19H23F2N5O5/c1-29-14-3-15(30-2)19(21)13(18(14)20)10-31-17-8-24-16(7-25-17)26-11(4-22)5-23-6-12(28)9-27/h3-5,7-8,12,27-28H,6,9-10,22H2,1-2H3,(H,24,26)/b11-4+,23-5?. The maximum atomic E-state index is 14.4. The van der Waals surface area contributed by atoms with Crippen LogP contribution < -0.4 is 25.3 Å². The van der Waals surface area contributed by atoms with E-state index in [0.29, 0.717) is 11.5 Å². The Hall–Kier alpha value is -3.51. The molecule has 0 amide bonds. The number of rotatable bonds is 11. The number of allylic oxidation sites excluding steroid dienone is 1. The molecular formula is C19H23F2N5O5. The summed E-state index contributed by atoms with van der Waals surface area (Å²) in [6.45, 7) is -0.883. The van der Waals surface area contributed by atoms with Crippen molar-refractivity contribution in [2.24, 2.45) is 10.7 Å². The van der Waals surface area contributed by atoms with Gasteiger partial charge in [0.2, 0.25) is 5.88 Å². The van der Waals surface area contributed by atoms with Crippen LogP contribution in [-0.2, 0) is 6.61 Å². The monoisotopic (exact) mass is 439 g/mol. The van der Waals surface area contributed by atoms with Crippen LogP contribution in [-0.4, -0.2) is 59.9 Å². The molecule has 1 heterocycles. The number of ether oxygens (including phenoxy) is 3. The molecule has 10 nitrogen and oxygen atoms in total. The van der Waals surface area contributed by atoms with Gasteiger partial charge in [-0.05, 0) is 0 Å². The molecule has 0 bridgehead atoms. The van der Waals surface area contributed by atoms with E-state index in [4.69, 9.17) is 25.1 Å². The third-order valence-electron chi connectivity index (χ3n) is 3.87. The van der Waals surface area contributed by atoms with Crippen molar-refractivity contribution in [3.05, 3.63) is 47.6 Å². The number of aliphatic hydroxyl groups excluding tert-OH is 2. The first-order valence-electron chi connectivity index (χ1n) is 8.94. The average Bonchev–Trinajstić information content (AvgIpc) is 2.79. The van der Waals surface area contributed by atoms with Crippen LogP contribution in [0.3, 0.4) is 0 Å². The van der Waals surface area contributed by atoms with Crippen LogP contribution in [0, 0.1) is 11.6 Å². The molecule has 0 fully saturated rings. The van der Waals surface area contributed by atoms with Crippen LogP contribution in [0.2, 0.25) is 0 Å². The second-order valence-electron chi connectivity index (χ2n) is 5.99. The molecular weight excluding hydrogens is 416 g/mol. The maximum absolute atomic E-state index is 14.4. The van der Waals surface area contributed by atoms with Gasteiger partial charge in [0.15, 0.2) is 23.1 Å². The van der Waals surface area contributed by atoms with E-state index in [1.807, 2.05) is 0 Å². The fourth-order valence-corrected chi connectivity index (χ4v) is 2.26. The van der Waals surface area contributed by atoms with Crippen molar-refractivity contribution >= 4 is 12.0 Å². The highest BCUT2D eigenvalue weighted by molar-refractivity contribution is 5.82. The first kappa shape index (κ1) is 23.8. The lowest BCUT2D eigenvalue weighted by atomic mass is 10.1. The number of aliphatic hydroxyl groups is 2. The molecule has 168 valence electrons. The fourth-order valence-electron chi connectivity index (χ4n) is 2.26. The van der Waals surface area contributed by atoms with Gasteiger partial charge in [-0.3, -0.25) is 4.99 Å². The summed E-state index contributed by atoms with van der Waals surface area (Å²) in [5.74, 6) is -1.87. The Kier molecular flexibility index (Phi) is 8.91. The SMILES string of the molecule is COc1cc(OC)c(F)c(COc2cnc(N/C(C=NCC(O)CO)=C/N)cn2)c1F. The Morgan fingerprint density at radius 2 is 1.90 bits per heavy atom. The largest absolute Gasteiger partial charge is 0.494 e. The smallest absolute Gasteiger partial charge is 0.232 e. The van der Waals surface area contributed by atoms with Crippen LogP contribution in [0.4, 0.5) is 14.6 Å². The summed E-state index contributed by atoms with van der Waals surface area (Å²) in [7, 11) is 2.50. The predicted molar refractivity (Wildman–Crippen MR) is 108 cm³/mol. The highest BCUT2D eigenvalue weighted by atomic mass is 19.1. The summed E-state index contributed by atoms with van der Waals surface area (Å²) >= 11 is 0. The molecule has 0 aliphatic carbocycles. The second-order valence-corrected chi connectivity index (χ2v) is 5.99. The lowest BCUT2D eigenvalue weighted by molar-refractivity contribution is 0.102. The molecule has 2 rings (SSSR count). The average molecular weight is 439 g/mol. The molecule has 0 aliphatic heterocycles. The molecule has 0 saturated carbocycles. The molecule has 0 radical (unpaired) electrons. The summed E-state index contributed by atoms with van der Waals surface area (Å²) in [5, 5.41) is 20.8.